The van der Waals surface area contributed by atoms with Gasteiger partial charge in [0.25, 0.3) is 0 Å². The van der Waals surface area contributed by atoms with Crippen molar-refractivity contribution in [3.63, 3.8) is 0 Å². The van der Waals surface area contributed by atoms with Gasteiger partial charge in [0, 0.05) is 17.9 Å². The molecule has 4 heteroatoms. The van der Waals surface area contributed by atoms with Gasteiger partial charge >= 0.3 is 5.97 Å². The summed E-state index contributed by atoms with van der Waals surface area (Å²) in [5.41, 5.74) is 0.269. The summed E-state index contributed by atoms with van der Waals surface area (Å²) < 4.78 is 0. The van der Waals surface area contributed by atoms with Gasteiger partial charge in [0.1, 0.15) is 0 Å². The largest absolute Gasteiger partial charge is 0.478 e. The number of carboxylic acids is 1. The highest BCUT2D eigenvalue weighted by Crippen LogP contribution is 2.10. The molecule has 0 aromatic carbocycles. The minimum absolute atomic E-state index is 0.267. The van der Waals surface area contributed by atoms with Crippen molar-refractivity contribution >= 4 is 17.7 Å². The summed E-state index contributed by atoms with van der Waals surface area (Å²) in [6, 6.07) is 0. The lowest BCUT2D eigenvalue weighted by Gasteiger charge is -2.01. The first-order chi connectivity index (χ1) is 6.68. The van der Waals surface area contributed by atoms with Crippen LogP contribution in [0.15, 0.2) is 12.2 Å². The van der Waals surface area contributed by atoms with Gasteiger partial charge in [-0.15, -0.1) is 0 Å². The zero-order valence-electron chi connectivity index (χ0n) is 8.37. The summed E-state index contributed by atoms with van der Waals surface area (Å²) in [5.74, 6) is 0.574. The van der Waals surface area contributed by atoms with Gasteiger partial charge in [-0.05, 0) is 18.6 Å². The standard InChI is InChI=1S/C10H18O3S/c1-9(10(12)13)8-14-7-5-3-2-4-6-11/h11H,1-8H2,(H,12,13). The molecule has 0 aromatic rings. The minimum atomic E-state index is -0.905. The SMILES string of the molecule is C=C(CSCCCCCCO)C(=O)O. The highest BCUT2D eigenvalue weighted by atomic mass is 32.2. The summed E-state index contributed by atoms with van der Waals surface area (Å²) >= 11 is 1.60. The molecule has 0 radical (unpaired) electrons. The van der Waals surface area contributed by atoms with Crippen molar-refractivity contribution in [2.45, 2.75) is 25.7 Å². The summed E-state index contributed by atoms with van der Waals surface area (Å²) in [7, 11) is 0. The van der Waals surface area contributed by atoms with E-state index < -0.39 is 5.97 Å². The number of thioether (sulfide) groups is 1. The number of hydrogen-bond donors (Lipinski definition) is 2. The van der Waals surface area contributed by atoms with Crippen molar-refractivity contribution in [2.75, 3.05) is 18.1 Å². The van der Waals surface area contributed by atoms with E-state index >= 15 is 0 Å². The van der Waals surface area contributed by atoms with Crippen LogP contribution in [0, 0.1) is 0 Å². The number of aliphatic hydroxyl groups excluding tert-OH is 1. The molecule has 0 saturated heterocycles. The normalized spacial score (nSPS) is 10.1. The second kappa shape index (κ2) is 9.09. The maximum atomic E-state index is 10.4. The fraction of sp³-hybridized carbons (Fsp3) is 0.700. The van der Waals surface area contributed by atoms with Crippen LogP contribution in [-0.2, 0) is 4.79 Å². The van der Waals surface area contributed by atoms with E-state index in [4.69, 9.17) is 10.2 Å². The van der Waals surface area contributed by atoms with Gasteiger partial charge in [-0.1, -0.05) is 19.4 Å². The van der Waals surface area contributed by atoms with E-state index in [-0.39, 0.29) is 12.2 Å². The van der Waals surface area contributed by atoms with Crippen LogP contribution < -0.4 is 0 Å². The van der Waals surface area contributed by atoms with Crippen LogP contribution >= 0.6 is 11.8 Å². The fourth-order valence-electron chi connectivity index (χ4n) is 0.927. The molecule has 0 rings (SSSR count). The van der Waals surface area contributed by atoms with Crippen molar-refractivity contribution in [2.24, 2.45) is 0 Å². The first-order valence-corrected chi connectivity index (χ1v) is 5.93. The quantitative estimate of drug-likeness (QED) is 0.458. The number of hydrogen-bond acceptors (Lipinski definition) is 3. The molecule has 0 amide bonds. The fourth-order valence-corrected chi connectivity index (χ4v) is 1.85. The first-order valence-electron chi connectivity index (χ1n) is 4.78. The molecule has 82 valence electrons. The molecule has 0 bridgehead atoms. The highest BCUT2D eigenvalue weighted by Gasteiger charge is 2.02. The molecule has 3 nitrogen and oxygen atoms in total. The van der Waals surface area contributed by atoms with Gasteiger partial charge in [0.2, 0.25) is 0 Å². The minimum Gasteiger partial charge on any atom is -0.478 e. The summed E-state index contributed by atoms with van der Waals surface area (Å²) in [4.78, 5) is 10.4. The molecule has 0 atom stereocenters. The molecule has 0 aliphatic rings. The molecule has 0 spiro atoms. The maximum absolute atomic E-state index is 10.4. The smallest absolute Gasteiger partial charge is 0.331 e. The Kier molecular flexibility index (Phi) is 8.78. The van der Waals surface area contributed by atoms with Crippen molar-refractivity contribution < 1.29 is 15.0 Å². The molecule has 0 heterocycles. The Labute approximate surface area is 89.2 Å². The number of carbonyl (C=O) groups is 1. The van der Waals surface area contributed by atoms with Gasteiger partial charge in [0.15, 0.2) is 0 Å². The van der Waals surface area contributed by atoms with E-state index in [0.29, 0.717) is 5.75 Å². The average molecular weight is 218 g/mol. The van der Waals surface area contributed by atoms with Gasteiger partial charge in [-0.25, -0.2) is 4.79 Å². The lowest BCUT2D eigenvalue weighted by molar-refractivity contribution is -0.132. The molecule has 0 fully saturated rings. The third kappa shape index (κ3) is 8.13. The van der Waals surface area contributed by atoms with Gasteiger partial charge in [0.05, 0.1) is 0 Å². The van der Waals surface area contributed by atoms with Gasteiger partial charge in [-0.2, -0.15) is 11.8 Å². The number of unbranched alkanes of at least 4 members (excludes halogenated alkanes) is 3. The van der Waals surface area contributed by atoms with Crippen LogP contribution in [0.4, 0.5) is 0 Å². The lowest BCUT2D eigenvalue weighted by atomic mass is 10.2. The molecule has 0 saturated carbocycles. The first kappa shape index (κ1) is 13.5. The van der Waals surface area contributed by atoms with E-state index in [1.165, 1.54) is 0 Å². The molecule has 0 aromatic heterocycles. The van der Waals surface area contributed by atoms with Crippen molar-refractivity contribution in [3.05, 3.63) is 12.2 Å². The Bertz CT molecular complexity index is 180. The molecule has 0 aliphatic carbocycles. The van der Waals surface area contributed by atoms with Crippen molar-refractivity contribution in [1.82, 2.24) is 0 Å². The highest BCUT2D eigenvalue weighted by molar-refractivity contribution is 7.99. The predicted octanol–water partition coefficient (Wildman–Crippen LogP) is 1.91. The number of aliphatic carboxylic acids is 1. The van der Waals surface area contributed by atoms with Crippen LogP contribution in [0.25, 0.3) is 0 Å². The van der Waals surface area contributed by atoms with E-state index in [0.717, 1.165) is 31.4 Å². The zero-order valence-corrected chi connectivity index (χ0v) is 9.18. The Hall–Kier alpha value is -0.480. The van der Waals surface area contributed by atoms with Crippen LogP contribution in [0.2, 0.25) is 0 Å². The Morgan fingerprint density at radius 3 is 2.43 bits per heavy atom. The summed E-state index contributed by atoms with van der Waals surface area (Å²) in [5, 5.41) is 17.0. The molecule has 0 unspecified atom stereocenters. The molecular formula is C10H18O3S. The van der Waals surface area contributed by atoms with Gasteiger partial charge < -0.3 is 10.2 Å². The van der Waals surface area contributed by atoms with Crippen molar-refractivity contribution in [1.29, 1.82) is 0 Å². The van der Waals surface area contributed by atoms with E-state index in [1.807, 2.05) is 0 Å². The predicted molar refractivity (Wildman–Crippen MR) is 59.7 cm³/mol. The monoisotopic (exact) mass is 218 g/mol. The van der Waals surface area contributed by atoms with E-state index in [9.17, 15) is 4.79 Å². The second-order valence-corrected chi connectivity index (χ2v) is 4.20. The van der Waals surface area contributed by atoms with Crippen LogP contribution in [0.5, 0.6) is 0 Å². The van der Waals surface area contributed by atoms with Crippen molar-refractivity contribution in [3.8, 4) is 0 Å². The molecule has 0 aliphatic heterocycles. The molecule has 2 N–H and O–H groups in total. The van der Waals surface area contributed by atoms with Crippen LogP contribution in [0.1, 0.15) is 25.7 Å². The van der Waals surface area contributed by atoms with Crippen LogP contribution in [-0.4, -0.2) is 34.3 Å². The maximum Gasteiger partial charge on any atom is 0.331 e. The topological polar surface area (TPSA) is 57.5 Å². The zero-order chi connectivity index (χ0) is 10.8. The van der Waals surface area contributed by atoms with Crippen LogP contribution in [0.3, 0.4) is 0 Å². The number of aliphatic hydroxyl groups is 1. The lowest BCUT2D eigenvalue weighted by Crippen LogP contribution is -2.01. The third-order valence-corrected chi connectivity index (χ3v) is 2.91. The Morgan fingerprint density at radius 2 is 1.86 bits per heavy atom. The Balaban J connectivity index is 3.13. The molecular weight excluding hydrogens is 200 g/mol. The van der Waals surface area contributed by atoms with E-state index in [2.05, 4.69) is 6.58 Å². The summed E-state index contributed by atoms with van der Waals surface area (Å²) in [6.07, 6.45) is 4.11. The second-order valence-electron chi connectivity index (χ2n) is 3.10. The number of carboxylic acid groups (broad SMARTS) is 1. The third-order valence-electron chi connectivity index (χ3n) is 1.78. The molecule has 14 heavy (non-hydrogen) atoms. The Morgan fingerprint density at radius 1 is 1.21 bits per heavy atom. The number of rotatable bonds is 9. The van der Waals surface area contributed by atoms with E-state index in [1.54, 1.807) is 11.8 Å². The summed E-state index contributed by atoms with van der Waals surface area (Å²) in [6.45, 7) is 3.71. The average Bonchev–Trinajstić information content (AvgIpc) is 2.16. The van der Waals surface area contributed by atoms with Gasteiger partial charge in [-0.3, -0.25) is 0 Å².